The molecule has 1 aromatic rings. The Kier molecular flexibility index (Phi) is 3.18. The zero-order valence-electron chi connectivity index (χ0n) is 7.68. The number of carbonyl (C=O) groups excluding carboxylic acids is 1. The van der Waals surface area contributed by atoms with Gasteiger partial charge < -0.3 is 10.1 Å². The van der Waals surface area contributed by atoms with E-state index in [4.69, 9.17) is 0 Å². The van der Waals surface area contributed by atoms with Gasteiger partial charge in [-0.05, 0) is 12.1 Å². The Morgan fingerprint density at radius 2 is 2.20 bits per heavy atom. The lowest BCUT2D eigenvalue weighted by Crippen LogP contribution is -2.17. The van der Waals surface area contributed by atoms with Gasteiger partial charge in [0.05, 0.1) is 5.69 Å². The van der Waals surface area contributed by atoms with E-state index in [9.17, 15) is 18.0 Å². The first-order chi connectivity index (χ1) is 6.87. The summed E-state index contributed by atoms with van der Waals surface area (Å²) in [6, 6.07) is 5.91. The van der Waals surface area contributed by atoms with Crippen LogP contribution in [0.3, 0.4) is 0 Å². The zero-order chi connectivity index (χ0) is 11.5. The topological polar surface area (TPSA) is 38.3 Å². The van der Waals surface area contributed by atoms with Crippen LogP contribution >= 0.6 is 0 Å². The second-order valence-electron chi connectivity index (χ2n) is 2.67. The molecule has 0 saturated carbocycles. The van der Waals surface area contributed by atoms with Crippen LogP contribution in [0.4, 0.5) is 18.9 Å². The van der Waals surface area contributed by atoms with Crippen LogP contribution in [0.25, 0.3) is 0 Å². The number of benzene rings is 1. The van der Waals surface area contributed by atoms with E-state index in [0.717, 1.165) is 12.1 Å². The minimum Gasteiger partial charge on any atom is -0.406 e. The molecule has 0 spiro atoms. The molecule has 0 saturated heterocycles. The number of ether oxygens (including phenoxy) is 1. The number of nitrogens with one attached hydrogen (secondary N) is 1. The van der Waals surface area contributed by atoms with Gasteiger partial charge in [0.15, 0.2) is 0 Å². The van der Waals surface area contributed by atoms with Gasteiger partial charge in [-0.3, -0.25) is 4.79 Å². The summed E-state index contributed by atoms with van der Waals surface area (Å²) in [4.78, 5) is 10.6. The Bertz CT molecular complexity index is 363. The molecule has 0 fully saturated rings. The highest BCUT2D eigenvalue weighted by molar-refractivity contribution is 5.88. The van der Waals surface area contributed by atoms with Crippen molar-refractivity contribution in [2.45, 2.75) is 13.3 Å². The fourth-order valence-electron chi connectivity index (χ4n) is 0.905. The average molecular weight is 218 g/mol. The largest absolute Gasteiger partial charge is 0.573 e. The standard InChI is InChI=1S/C9H7F3NO2/c1-6(14)13-7-3-2-4-8(5-7)15-9(10,11)12/h2,4-5H,1H3,(H,13,14). The zero-order valence-corrected chi connectivity index (χ0v) is 7.68. The average Bonchev–Trinajstić information content (AvgIpc) is 1.99. The van der Waals surface area contributed by atoms with Crippen LogP contribution in [0.2, 0.25) is 0 Å². The number of alkyl halides is 3. The lowest BCUT2D eigenvalue weighted by Gasteiger charge is -2.09. The van der Waals surface area contributed by atoms with Gasteiger partial charge in [0.2, 0.25) is 5.91 Å². The molecule has 0 unspecified atom stereocenters. The van der Waals surface area contributed by atoms with Gasteiger partial charge >= 0.3 is 6.36 Å². The summed E-state index contributed by atoms with van der Waals surface area (Å²) in [6.07, 6.45) is -4.74. The number of halogens is 3. The molecule has 6 heteroatoms. The first kappa shape index (κ1) is 11.4. The predicted octanol–water partition coefficient (Wildman–Crippen LogP) is 2.34. The molecule has 0 atom stereocenters. The van der Waals surface area contributed by atoms with E-state index in [1.54, 1.807) is 0 Å². The molecule has 1 radical (unpaired) electrons. The molecule has 1 amide bonds. The number of hydrogen-bond acceptors (Lipinski definition) is 2. The lowest BCUT2D eigenvalue weighted by molar-refractivity contribution is -0.274. The van der Waals surface area contributed by atoms with Crippen molar-refractivity contribution < 1.29 is 22.7 Å². The van der Waals surface area contributed by atoms with Gasteiger partial charge in [-0.1, -0.05) is 0 Å². The SMILES string of the molecule is CC(=O)Nc1[c]ccc(OC(F)(F)F)c1. The van der Waals surface area contributed by atoms with Gasteiger partial charge in [0.25, 0.3) is 0 Å². The quantitative estimate of drug-likeness (QED) is 0.827. The second kappa shape index (κ2) is 4.20. The van der Waals surface area contributed by atoms with Crippen molar-refractivity contribution in [2.75, 3.05) is 5.32 Å². The van der Waals surface area contributed by atoms with E-state index in [2.05, 4.69) is 16.1 Å². The van der Waals surface area contributed by atoms with E-state index in [-0.39, 0.29) is 5.69 Å². The van der Waals surface area contributed by atoms with E-state index < -0.39 is 18.0 Å². The van der Waals surface area contributed by atoms with Crippen LogP contribution < -0.4 is 10.1 Å². The molecule has 0 heterocycles. The Balaban J connectivity index is 2.79. The lowest BCUT2D eigenvalue weighted by atomic mass is 10.3. The minimum absolute atomic E-state index is 0.129. The molecule has 1 N–H and O–H groups in total. The molecule has 3 nitrogen and oxygen atoms in total. The highest BCUT2D eigenvalue weighted by Gasteiger charge is 2.31. The number of hydrogen-bond donors (Lipinski definition) is 1. The van der Waals surface area contributed by atoms with E-state index in [1.807, 2.05) is 0 Å². The van der Waals surface area contributed by atoms with Crippen LogP contribution in [-0.4, -0.2) is 12.3 Å². The van der Waals surface area contributed by atoms with Crippen molar-refractivity contribution in [3.8, 4) is 5.75 Å². The monoisotopic (exact) mass is 218 g/mol. The summed E-state index contributed by atoms with van der Waals surface area (Å²) >= 11 is 0. The molecule has 0 bridgehead atoms. The van der Waals surface area contributed by atoms with Gasteiger partial charge in [-0.15, -0.1) is 13.2 Å². The molecule has 0 aliphatic carbocycles. The Labute approximate surface area is 83.8 Å². The van der Waals surface area contributed by atoms with Crippen LogP contribution in [0, 0.1) is 6.07 Å². The third-order valence-corrected chi connectivity index (χ3v) is 1.32. The highest BCUT2D eigenvalue weighted by atomic mass is 19.4. The van der Waals surface area contributed by atoms with Gasteiger partial charge in [0, 0.05) is 19.1 Å². The molecule has 81 valence electrons. The molecular weight excluding hydrogens is 211 g/mol. The van der Waals surface area contributed by atoms with Gasteiger partial charge in [0.1, 0.15) is 5.75 Å². The summed E-state index contributed by atoms with van der Waals surface area (Å²) < 4.78 is 39.1. The summed E-state index contributed by atoms with van der Waals surface area (Å²) in [7, 11) is 0. The number of carbonyl (C=O) groups is 1. The normalized spacial score (nSPS) is 10.9. The van der Waals surface area contributed by atoms with Crippen LogP contribution in [0.15, 0.2) is 18.2 Å². The maximum Gasteiger partial charge on any atom is 0.573 e. The first-order valence-corrected chi connectivity index (χ1v) is 3.92. The Morgan fingerprint density at radius 1 is 1.53 bits per heavy atom. The number of amides is 1. The van der Waals surface area contributed by atoms with Crippen molar-refractivity contribution in [1.82, 2.24) is 0 Å². The van der Waals surface area contributed by atoms with Crippen LogP contribution in [0.1, 0.15) is 6.92 Å². The molecule has 0 aliphatic rings. The Hall–Kier alpha value is -1.72. The van der Waals surface area contributed by atoms with Gasteiger partial charge in [-0.25, -0.2) is 0 Å². The minimum atomic E-state index is -4.74. The highest BCUT2D eigenvalue weighted by Crippen LogP contribution is 2.24. The van der Waals surface area contributed by atoms with Crippen molar-refractivity contribution in [2.24, 2.45) is 0 Å². The third-order valence-electron chi connectivity index (χ3n) is 1.32. The third kappa shape index (κ3) is 4.35. The maximum atomic E-state index is 11.8. The molecule has 0 aliphatic heterocycles. The second-order valence-corrected chi connectivity index (χ2v) is 2.67. The molecule has 0 aromatic heterocycles. The van der Waals surface area contributed by atoms with Crippen molar-refractivity contribution in [1.29, 1.82) is 0 Å². The van der Waals surface area contributed by atoms with Crippen molar-refractivity contribution in [3.05, 3.63) is 24.3 Å². The van der Waals surface area contributed by atoms with Crippen molar-refractivity contribution >= 4 is 11.6 Å². The number of rotatable bonds is 2. The van der Waals surface area contributed by atoms with E-state index in [0.29, 0.717) is 0 Å². The summed E-state index contributed by atoms with van der Waals surface area (Å²) in [6.45, 7) is 1.24. The molecular formula is C9H7F3NO2. The summed E-state index contributed by atoms with van der Waals surface area (Å²) in [5.74, 6) is -0.791. The fraction of sp³-hybridized carbons (Fsp3) is 0.222. The van der Waals surface area contributed by atoms with Crippen molar-refractivity contribution in [3.63, 3.8) is 0 Å². The molecule has 15 heavy (non-hydrogen) atoms. The Morgan fingerprint density at radius 3 is 2.73 bits per heavy atom. The van der Waals surface area contributed by atoms with Crippen LogP contribution in [-0.2, 0) is 4.79 Å². The fourth-order valence-corrected chi connectivity index (χ4v) is 0.905. The summed E-state index contributed by atoms with van der Waals surface area (Å²) in [5.41, 5.74) is 0.129. The predicted molar refractivity (Wildman–Crippen MR) is 46.3 cm³/mol. The molecule has 1 aromatic carbocycles. The smallest absolute Gasteiger partial charge is 0.406 e. The van der Waals surface area contributed by atoms with E-state index in [1.165, 1.54) is 13.0 Å². The summed E-state index contributed by atoms with van der Waals surface area (Å²) in [5, 5.41) is 2.29. The van der Waals surface area contributed by atoms with E-state index >= 15 is 0 Å². The molecule has 1 rings (SSSR count). The maximum absolute atomic E-state index is 11.8. The first-order valence-electron chi connectivity index (χ1n) is 3.92. The van der Waals surface area contributed by atoms with Crippen LogP contribution in [0.5, 0.6) is 5.75 Å². The number of anilines is 1. The van der Waals surface area contributed by atoms with Gasteiger partial charge in [-0.2, -0.15) is 0 Å².